The van der Waals surface area contributed by atoms with Crippen molar-refractivity contribution in [2.75, 3.05) is 30.0 Å². The highest BCUT2D eigenvalue weighted by atomic mass is 32.2. The van der Waals surface area contributed by atoms with E-state index in [9.17, 15) is 14.9 Å². The maximum Gasteiger partial charge on any atom is 0.353 e. The lowest BCUT2D eigenvalue weighted by Gasteiger charge is -2.22. The van der Waals surface area contributed by atoms with Crippen LogP contribution in [-0.4, -0.2) is 45.8 Å². The third-order valence-corrected chi connectivity index (χ3v) is 4.05. The second-order valence-corrected chi connectivity index (χ2v) is 6.17. The number of pyridine rings is 1. The van der Waals surface area contributed by atoms with Crippen LogP contribution in [0, 0.1) is 17.0 Å². The number of rotatable bonds is 8. The number of carbonyl (C=O) groups is 1. The van der Waals surface area contributed by atoms with Crippen LogP contribution in [0.5, 0.6) is 0 Å². The predicted molar refractivity (Wildman–Crippen MR) is 108 cm³/mol. The zero-order valence-corrected chi connectivity index (χ0v) is 17.1. The number of carbonyl (C=O) groups excluding carboxylic acids is 1. The van der Waals surface area contributed by atoms with E-state index in [0.717, 1.165) is 11.3 Å². The monoisotopic (exact) mass is 408 g/mol. The molecule has 11 heteroatoms. The van der Waals surface area contributed by atoms with Gasteiger partial charge in [-0.05, 0) is 38.7 Å². The SMILES string of the molecule is CCN(Cc1ccc(C)nc1)c1nc(SC)nc(N)c1[N+](=O)[O-].CCOC=O. The van der Waals surface area contributed by atoms with Gasteiger partial charge in [0.05, 0.1) is 11.5 Å². The number of ether oxygens (including phenoxy) is 1. The highest BCUT2D eigenvalue weighted by molar-refractivity contribution is 7.98. The quantitative estimate of drug-likeness (QED) is 0.228. The van der Waals surface area contributed by atoms with Crippen LogP contribution in [0.15, 0.2) is 23.5 Å². The van der Waals surface area contributed by atoms with Gasteiger partial charge in [-0.2, -0.15) is 9.97 Å². The number of nitrogens with two attached hydrogens (primary N) is 1. The molecule has 0 saturated carbocycles. The molecule has 0 aliphatic carbocycles. The third kappa shape index (κ3) is 6.65. The van der Waals surface area contributed by atoms with Crippen molar-refractivity contribution in [1.29, 1.82) is 0 Å². The van der Waals surface area contributed by atoms with Crippen LogP contribution in [0.1, 0.15) is 25.1 Å². The van der Waals surface area contributed by atoms with E-state index in [1.54, 1.807) is 24.3 Å². The molecule has 0 bridgehead atoms. The Kier molecular flexibility index (Phi) is 9.65. The minimum Gasteiger partial charge on any atom is -0.468 e. The normalized spacial score (nSPS) is 9.86. The van der Waals surface area contributed by atoms with Crippen molar-refractivity contribution in [3.05, 3.63) is 39.7 Å². The lowest BCUT2D eigenvalue weighted by molar-refractivity contribution is -0.383. The Hall–Kier alpha value is -2.95. The summed E-state index contributed by atoms with van der Waals surface area (Å²) in [6, 6.07) is 3.84. The van der Waals surface area contributed by atoms with Gasteiger partial charge in [0.15, 0.2) is 5.16 Å². The summed E-state index contributed by atoms with van der Waals surface area (Å²) in [5.74, 6) is 0.111. The van der Waals surface area contributed by atoms with Crippen molar-refractivity contribution in [3.63, 3.8) is 0 Å². The topological polar surface area (TPSA) is 137 Å². The molecule has 0 saturated heterocycles. The Labute approximate surface area is 167 Å². The molecule has 0 aromatic carbocycles. The fraction of sp³-hybridized carbons (Fsp3) is 0.412. The summed E-state index contributed by atoms with van der Waals surface area (Å²) in [4.78, 5) is 34.3. The highest BCUT2D eigenvalue weighted by Crippen LogP contribution is 2.33. The van der Waals surface area contributed by atoms with Crippen LogP contribution < -0.4 is 10.6 Å². The van der Waals surface area contributed by atoms with Crippen molar-refractivity contribution >= 4 is 35.6 Å². The van der Waals surface area contributed by atoms with Crippen LogP contribution >= 0.6 is 11.8 Å². The molecule has 2 heterocycles. The number of nitro groups is 1. The zero-order chi connectivity index (χ0) is 21.1. The number of hydrogen-bond donors (Lipinski definition) is 1. The van der Waals surface area contributed by atoms with E-state index in [4.69, 9.17) is 5.73 Å². The molecule has 0 radical (unpaired) electrons. The van der Waals surface area contributed by atoms with Crippen molar-refractivity contribution in [2.45, 2.75) is 32.5 Å². The summed E-state index contributed by atoms with van der Waals surface area (Å²) in [5.41, 5.74) is 7.35. The molecule has 2 aromatic heterocycles. The van der Waals surface area contributed by atoms with E-state index in [1.165, 1.54) is 11.8 Å². The van der Waals surface area contributed by atoms with E-state index in [1.807, 2.05) is 26.0 Å². The van der Waals surface area contributed by atoms with Crippen LogP contribution in [0.25, 0.3) is 0 Å². The molecule has 0 spiro atoms. The predicted octanol–water partition coefficient (Wildman–Crippen LogP) is 2.60. The van der Waals surface area contributed by atoms with Gasteiger partial charge in [0.1, 0.15) is 0 Å². The molecule has 152 valence electrons. The summed E-state index contributed by atoms with van der Waals surface area (Å²) in [6.07, 6.45) is 3.55. The van der Waals surface area contributed by atoms with E-state index in [2.05, 4.69) is 19.7 Å². The second kappa shape index (κ2) is 11.7. The second-order valence-electron chi connectivity index (χ2n) is 5.40. The van der Waals surface area contributed by atoms with Gasteiger partial charge in [-0.15, -0.1) is 0 Å². The first kappa shape index (κ1) is 23.1. The fourth-order valence-electron chi connectivity index (χ4n) is 2.14. The van der Waals surface area contributed by atoms with Gasteiger partial charge in [0, 0.05) is 25.0 Å². The smallest absolute Gasteiger partial charge is 0.353 e. The molecular formula is C17H24N6O4S. The number of aryl methyl sites for hydroxylation is 1. The number of nitrogens with zero attached hydrogens (tertiary/aromatic N) is 5. The van der Waals surface area contributed by atoms with Crippen molar-refractivity contribution in [2.24, 2.45) is 0 Å². The standard InChI is InChI=1S/C14H18N6O2S.C3H6O2/c1-4-19(8-10-6-5-9(2)16-7-10)13-11(20(21)22)12(15)17-14(18-13)23-3;1-2-5-3-4/h5-7H,4,8H2,1-3H3,(H2,15,17,18);3H,2H2,1H3. The van der Waals surface area contributed by atoms with Gasteiger partial charge in [0.2, 0.25) is 11.6 Å². The number of thioether (sulfide) groups is 1. The van der Waals surface area contributed by atoms with Gasteiger partial charge in [-0.25, -0.2) is 0 Å². The van der Waals surface area contributed by atoms with E-state index >= 15 is 0 Å². The molecule has 0 fully saturated rings. The Morgan fingerprint density at radius 1 is 1.36 bits per heavy atom. The average molecular weight is 408 g/mol. The molecule has 10 nitrogen and oxygen atoms in total. The summed E-state index contributed by atoms with van der Waals surface area (Å²) in [6.45, 7) is 7.47. The minimum absolute atomic E-state index is 0.121. The van der Waals surface area contributed by atoms with Crippen LogP contribution in [0.3, 0.4) is 0 Å². The number of aromatic nitrogens is 3. The molecular weight excluding hydrogens is 384 g/mol. The maximum atomic E-state index is 11.4. The largest absolute Gasteiger partial charge is 0.468 e. The molecule has 28 heavy (non-hydrogen) atoms. The first-order valence-electron chi connectivity index (χ1n) is 8.45. The molecule has 0 unspecified atom stereocenters. The maximum absolute atomic E-state index is 11.4. The average Bonchev–Trinajstić information content (AvgIpc) is 2.67. The molecule has 2 N–H and O–H groups in total. The molecule has 0 aliphatic heterocycles. The first-order valence-corrected chi connectivity index (χ1v) is 9.67. The fourth-order valence-corrected chi connectivity index (χ4v) is 2.51. The van der Waals surface area contributed by atoms with E-state index in [0.29, 0.717) is 31.3 Å². The first-order chi connectivity index (χ1) is 13.4. The summed E-state index contributed by atoms with van der Waals surface area (Å²) >= 11 is 1.29. The lowest BCUT2D eigenvalue weighted by Crippen LogP contribution is -2.25. The van der Waals surface area contributed by atoms with Gasteiger partial charge in [-0.3, -0.25) is 19.9 Å². The molecule has 2 aromatic rings. The molecule has 0 amide bonds. The van der Waals surface area contributed by atoms with E-state index < -0.39 is 4.92 Å². The summed E-state index contributed by atoms with van der Waals surface area (Å²) in [5, 5.41) is 11.8. The Morgan fingerprint density at radius 3 is 2.50 bits per heavy atom. The van der Waals surface area contributed by atoms with Crippen LogP contribution in [0.4, 0.5) is 17.3 Å². The minimum atomic E-state index is -0.537. The van der Waals surface area contributed by atoms with Crippen molar-refractivity contribution in [1.82, 2.24) is 15.0 Å². The third-order valence-electron chi connectivity index (χ3n) is 3.50. The number of hydrogen-bond acceptors (Lipinski definition) is 10. The zero-order valence-electron chi connectivity index (χ0n) is 16.3. The molecule has 0 aliphatic rings. The van der Waals surface area contributed by atoms with Crippen LogP contribution in [-0.2, 0) is 16.1 Å². The van der Waals surface area contributed by atoms with Crippen LogP contribution in [0.2, 0.25) is 0 Å². The lowest BCUT2D eigenvalue weighted by atomic mass is 10.2. The summed E-state index contributed by atoms with van der Waals surface area (Å²) < 4.78 is 4.15. The Morgan fingerprint density at radius 2 is 2.07 bits per heavy atom. The number of nitrogen functional groups attached to an aromatic ring is 1. The Bertz CT molecular complexity index is 788. The van der Waals surface area contributed by atoms with Gasteiger partial charge in [-0.1, -0.05) is 17.8 Å². The van der Waals surface area contributed by atoms with Gasteiger partial charge < -0.3 is 15.4 Å². The van der Waals surface area contributed by atoms with Crippen molar-refractivity contribution in [3.8, 4) is 0 Å². The molecule has 0 atom stereocenters. The molecule has 2 rings (SSSR count). The van der Waals surface area contributed by atoms with Gasteiger partial charge in [0.25, 0.3) is 6.47 Å². The van der Waals surface area contributed by atoms with E-state index in [-0.39, 0.29) is 17.3 Å². The van der Waals surface area contributed by atoms with Crippen molar-refractivity contribution < 1.29 is 14.5 Å². The highest BCUT2D eigenvalue weighted by Gasteiger charge is 2.26. The summed E-state index contributed by atoms with van der Waals surface area (Å²) in [7, 11) is 0. The van der Waals surface area contributed by atoms with Gasteiger partial charge >= 0.3 is 5.69 Å². The Balaban J connectivity index is 0.000000696. The number of anilines is 2.